The van der Waals surface area contributed by atoms with E-state index in [1.807, 2.05) is 6.07 Å². The summed E-state index contributed by atoms with van der Waals surface area (Å²) in [5.74, 6) is 0. The van der Waals surface area contributed by atoms with Crippen molar-refractivity contribution in [3.63, 3.8) is 0 Å². The molecule has 74 valence electrons. The van der Waals surface area contributed by atoms with E-state index in [2.05, 4.69) is 36.8 Å². The summed E-state index contributed by atoms with van der Waals surface area (Å²) in [5, 5.41) is 8.40. The highest BCUT2D eigenvalue weighted by Crippen LogP contribution is 2.32. The maximum atomic E-state index is 12.5. The lowest BCUT2D eigenvalue weighted by Gasteiger charge is -2.06. The Labute approximate surface area is 96.2 Å². The van der Waals surface area contributed by atoms with Crippen LogP contribution in [0.3, 0.4) is 0 Å². The Morgan fingerprint density at radius 3 is 2.64 bits per heavy atom. The standard InChI is InChI=1S/C8H4Br2F2N2/c9-6-5(8(11)12)3-4(1-2-13)14-7(6)10/h3,8H,1H2. The number of hydrogen-bond acceptors (Lipinski definition) is 2. The number of rotatable bonds is 2. The first-order chi connectivity index (χ1) is 6.56. The average Bonchev–Trinajstić information content (AvgIpc) is 2.11. The Balaban J connectivity index is 3.22. The number of alkyl halides is 2. The molecule has 0 aliphatic heterocycles. The first-order valence-corrected chi connectivity index (χ1v) is 5.14. The molecular weight excluding hydrogens is 322 g/mol. The molecule has 0 saturated heterocycles. The Hall–Kier alpha value is -0.540. The second-order valence-corrected chi connectivity index (χ2v) is 3.99. The molecule has 2 nitrogen and oxygen atoms in total. The highest BCUT2D eigenvalue weighted by atomic mass is 79.9. The molecule has 0 atom stereocenters. The Kier molecular flexibility index (Phi) is 3.96. The molecule has 0 saturated carbocycles. The summed E-state index contributed by atoms with van der Waals surface area (Å²) in [5.41, 5.74) is 0.176. The molecule has 0 unspecified atom stereocenters. The summed E-state index contributed by atoms with van der Waals surface area (Å²) < 4.78 is 25.5. The molecule has 6 heteroatoms. The first kappa shape index (κ1) is 11.5. The summed E-state index contributed by atoms with van der Waals surface area (Å²) in [4.78, 5) is 3.92. The molecule has 14 heavy (non-hydrogen) atoms. The van der Waals surface area contributed by atoms with Crippen molar-refractivity contribution >= 4 is 31.9 Å². The summed E-state index contributed by atoms with van der Waals surface area (Å²) in [7, 11) is 0. The van der Waals surface area contributed by atoms with Gasteiger partial charge in [0.15, 0.2) is 0 Å². The third kappa shape index (κ3) is 2.49. The van der Waals surface area contributed by atoms with Crippen LogP contribution in [0.2, 0.25) is 0 Å². The van der Waals surface area contributed by atoms with Crippen molar-refractivity contribution in [3.05, 3.63) is 26.4 Å². The minimum Gasteiger partial charge on any atom is -0.244 e. The molecule has 0 fully saturated rings. The zero-order chi connectivity index (χ0) is 10.7. The SMILES string of the molecule is N#CCc1cc(C(F)F)c(Br)c(Br)n1. The molecule has 1 aromatic heterocycles. The molecule has 1 heterocycles. The number of halogens is 4. The van der Waals surface area contributed by atoms with Gasteiger partial charge < -0.3 is 0 Å². The van der Waals surface area contributed by atoms with Crippen LogP contribution in [0.25, 0.3) is 0 Å². The zero-order valence-corrected chi connectivity index (χ0v) is 9.94. The fourth-order valence-electron chi connectivity index (χ4n) is 0.900. The molecule has 0 spiro atoms. The fourth-order valence-corrected chi connectivity index (χ4v) is 1.73. The predicted molar refractivity (Wildman–Crippen MR) is 53.9 cm³/mol. The normalized spacial score (nSPS) is 10.3. The third-order valence-electron chi connectivity index (χ3n) is 1.49. The van der Waals surface area contributed by atoms with Crippen molar-refractivity contribution < 1.29 is 8.78 Å². The van der Waals surface area contributed by atoms with Crippen molar-refractivity contribution in [2.45, 2.75) is 12.8 Å². The van der Waals surface area contributed by atoms with Crippen LogP contribution in [0.4, 0.5) is 8.78 Å². The fraction of sp³-hybridized carbons (Fsp3) is 0.250. The predicted octanol–water partition coefficient (Wildman–Crippen LogP) is 3.61. The van der Waals surface area contributed by atoms with Crippen LogP contribution in [0, 0.1) is 11.3 Å². The summed E-state index contributed by atoms with van der Waals surface area (Å²) >= 11 is 6.03. The van der Waals surface area contributed by atoms with Gasteiger partial charge in [-0.1, -0.05) is 0 Å². The molecule has 0 N–H and O–H groups in total. The van der Waals surface area contributed by atoms with Gasteiger partial charge in [-0.3, -0.25) is 0 Å². The zero-order valence-electron chi connectivity index (χ0n) is 6.77. The summed E-state index contributed by atoms with van der Waals surface area (Å²) in [6.45, 7) is 0. The van der Waals surface area contributed by atoms with Crippen LogP contribution < -0.4 is 0 Å². The van der Waals surface area contributed by atoms with Crippen LogP contribution >= 0.6 is 31.9 Å². The van der Waals surface area contributed by atoms with Gasteiger partial charge in [-0.25, -0.2) is 13.8 Å². The Morgan fingerprint density at radius 1 is 1.50 bits per heavy atom. The second-order valence-electron chi connectivity index (χ2n) is 2.44. The van der Waals surface area contributed by atoms with Gasteiger partial charge in [0.05, 0.1) is 22.7 Å². The van der Waals surface area contributed by atoms with Crippen LogP contribution in [-0.2, 0) is 6.42 Å². The summed E-state index contributed by atoms with van der Waals surface area (Å²) in [6, 6.07) is 3.08. The van der Waals surface area contributed by atoms with Crippen molar-refractivity contribution in [1.82, 2.24) is 4.98 Å². The number of nitrogens with zero attached hydrogens (tertiary/aromatic N) is 2. The van der Waals surface area contributed by atoms with Gasteiger partial charge >= 0.3 is 0 Å². The van der Waals surface area contributed by atoms with Crippen LogP contribution in [-0.4, -0.2) is 4.98 Å². The van der Waals surface area contributed by atoms with Crippen molar-refractivity contribution in [2.24, 2.45) is 0 Å². The van der Waals surface area contributed by atoms with E-state index in [0.29, 0.717) is 10.3 Å². The first-order valence-electron chi connectivity index (χ1n) is 3.56. The number of aromatic nitrogens is 1. The van der Waals surface area contributed by atoms with Crippen LogP contribution in [0.15, 0.2) is 15.1 Å². The lowest BCUT2D eigenvalue weighted by Crippen LogP contribution is -1.96. The maximum absolute atomic E-state index is 12.5. The lowest BCUT2D eigenvalue weighted by molar-refractivity contribution is 0.150. The molecule has 1 rings (SSSR count). The van der Waals surface area contributed by atoms with Gasteiger partial charge in [-0.2, -0.15) is 5.26 Å². The molecule has 0 aromatic carbocycles. The minimum absolute atomic E-state index is 0.0194. The largest absolute Gasteiger partial charge is 0.265 e. The summed E-state index contributed by atoms with van der Waals surface area (Å²) in [6.07, 6.45) is -2.56. The van der Waals surface area contributed by atoms with Gasteiger partial charge in [0, 0.05) is 5.56 Å². The number of pyridine rings is 1. The molecule has 0 bridgehead atoms. The molecule has 0 radical (unpaired) electrons. The van der Waals surface area contributed by atoms with E-state index < -0.39 is 6.43 Å². The van der Waals surface area contributed by atoms with E-state index in [-0.39, 0.29) is 16.5 Å². The van der Waals surface area contributed by atoms with Crippen molar-refractivity contribution in [3.8, 4) is 6.07 Å². The van der Waals surface area contributed by atoms with Gasteiger partial charge in [0.1, 0.15) is 4.60 Å². The maximum Gasteiger partial charge on any atom is 0.265 e. The van der Waals surface area contributed by atoms with E-state index in [4.69, 9.17) is 5.26 Å². The Morgan fingerprint density at radius 2 is 2.14 bits per heavy atom. The quantitative estimate of drug-likeness (QED) is 0.779. The van der Waals surface area contributed by atoms with E-state index in [0.717, 1.165) is 0 Å². The molecule has 0 amide bonds. The highest BCUT2D eigenvalue weighted by molar-refractivity contribution is 9.13. The van der Waals surface area contributed by atoms with E-state index in [9.17, 15) is 8.78 Å². The molecular formula is C8H4Br2F2N2. The highest BCUT2D eigenvalue weighted by Gasteiger charge is 2.16. The van der Waals surface area contributed by atoms with E-state index in [1.54, 1.807) is 0 Å². The monoisotopic (exact) mass is 324 g/mol. The van der Waals surface area contributed by atoms with Gasteiger partial charge in [-0.15, -0.1) is 0 Å². The smallest absolute Gasteiger partial charge is 0.244 e. The molecule has 1 aromatic rings. The molecule has 0 aliphatic rings. The second kappa shape index (κ2) is 4.80. The number of nitriles is 1. The van der Waals surface area contributed by atoms with Crippen LogP contribution in [0.1, 0.15) is 17.7 Å². The number of hydrogen-bond donors (Lipinski definition) is 0. The average molecular weight is 326 g/mol. The van der Waals surface area contributed by atoms with E-state index >= 15 is 0 Å². The van der Waals surface area contributed by atoms with Gasteiger partial charge in [-0.05, 0) is 37.9 Å². The van der Waals surface area contributed by atoms with Gasteiger partial charge in [0.2, 0.25) is 0 Å². The van der Waals surface area contributed by atoms with Crippen molar-refractivity contribution in [2.75, 3.05) is 0 Å². The van der Waals surface area contributed by atoms with Crippen LogP contribution in [0.5, 0.6) is 0 Å². The van der Waals surface area contributed by atoms with Crippen molar-refractivity contribution in [1.29, 1.82) is 5.26 Å². The Bertz CT molecular complexity index is 388. The van der Waals surface area contributed by atoms with E-state index in [1.165, 1.54) is 6.07 Å². The minimum atomic E-state index is -2.58. The topological polar surface area (TPSA) is 36.7 Å². The third-order valence-corrected chi connectivity index (χ3v) is 3.43. The lowest BCUT2D eigenvalue weighted by atomic mass is 10.2. The van der Waals surface area contributed by atoms with Gasteiger partial charge in [0.25, 0.3) is 6.43 Å². The molecule has 0 aliphatic carbocycles.